The lowest BCUT2D eigenvalue weighted by atomic mass is 10.2. The lowest BCUT2D eigenvalue weighted by molar-refractivity contribution is 0.392. The van der Waals surface area contributed by atoms with Crippen molar-refractivity contribution in [2.45, 2.75) is 6.54 Å². The Morgan fingerprint density at radius 1 is 1.43 bits per heavy atom. The number of nitrogens with one attached hydrogen (secondary N) is 1. The lowest BCUT2D eigenvalue weighted by Crippen LogP contribution is -2.22. The summed E-state index contributed by atoms with van der Waals surface area (Å²) in [5.41, 5.74) is 1.64. The van der Waals surface area contributed by atoms with Crippen LogP contribution in [0.2, 0.25) is 0 Å². The molecule has 0 aliphatic carbocycles. The maximum absolute atomic E-state index is 14.2. The minimum atomic E-state index is -0.378. The van der Waals surface area contributed by atoms with Crippen LogP contribution in [0.25, 0.3) is 11.4 Å². The largest absolute Gasteiger partial charge is 0.474 e. The zero-order valence-electron chi connectivity index (χ0n) is 12.2. The smallest absolute Gasteiger partial charge is 0.256 e. The monoisotopic (exact) mass is 332 g/mol. The van der Waals surface area contributed by atoms with Crippen LogP contribution in [0, 0.1) is 5.82 Å². The summed E-state index contributed by atoms with van der Waals surface area (Å²) < 4.78 is 22.2. The van der Waals surface area contributed by atoms with Crippen molar-refractivity contribution < 1.29 is 9.13 Å². The summed E-state index contributed by atoms with van der Waals surface area (Å²) in [6.07, 6.45) is 6.50. The second-order valence-corrected chi connectivity index (χ2v) is 4.98. The van der Waals surface area contributed by atoms with Crippen molar-refractivity contribution in [3.8, 4) is 11.4 Å². The molecule has 0 bridgehead atoms. The van der Waals surface area contributed by atoms with Crippen LogP contribution in [0.15, 0.2) is 43.1 Å². The molecule has 0 amide bonds. The first-order chi connectivity index (χ1) is 11.2. The SMILES string of the molecule is COC(=S)NCc1cn(-c2ccc(-n3ccnc3)c(F)c2)nn1. The standard InChI is InChI=1S/C14H13FN6OS/c1-22-14(23)17-7-10-8-21(19-18-10)11-2-3-13(12(15)6-11)20-5-4-16-9-20/h2-6,8-9H,7H2,1H3,(H,17,23). The minimum Gasteiger partial charge on any atom is -0.474 e. The molecule has 3 aromatic rings. The number of halogens is 1. The molecule has 118 valence electrons. The summed E-state index contributed by atoms with van der Waals surface area (Å²) >= 11 is 4.88. The van der Waals surface area contributed by atoms with Crippen LogP contribution >= 0.6 is 12.2 Å². The van der Waals surface area contributed by atoms with Crippen LogP contribution in [-0.2, 0) is 11.3 Å². The minimum absolute atomic E-state index is 0.273. The van der Waals surface area contributed by atoms with Crippen molar-refractivity contribution in [2.24, 2.45) is 0 Å². The van der Waals surface area contributed by atoms with Gasteiger partial charge >= 0.3 is 0 Å². The van der Waals surface area contributed by atoms with Crippen molar-refractivity contribution in [1.82, 2.24) is 29.9 Å². The number of aromatic nitrogens is 5. The molecule has 1 N–H and O–H groups in total. The first-order valence-corrected chi connectivity index (χ1v) is 7.09. The predicted molar refractivity (Wildman–Crippen MR) is 84.9 cm³/mol. The molecule has 7 nitrogen and oxygen atoms in total. The third-order valence-electron chi connectivity index (χ3n) is 3.12. The second kappa shape index (κ2) is 6.53. The van der Waals surface area contributed by atoms with Crippen LogP contribution < -0.4 is 5.32 Å². The Kier molecular flexibility index (Phi) is 4.29. The average molecular weight is 332 g/mol. The number of ether oxygens (including phenoxy) is 1. The van der Waals surface area contributed by atoms with Crippen LogP contribution in [-0.4, -0.2) is 36.8 Å². The number of hydrogen-bond donors (Lipinski definition) is 1. The molecule has 0 spiro atoms. The van der Waals surface area contributed by atoms with Crippen LogP contribution in [0.5, 0.6) is 0 Å². The summed E-state index contributed by atoms with van der Waals surface area (Å²) in [5.74, 6) is -0.378. The summed E-state index contributed by atoms with van der Waals surface area (Å²) in [7, 11) is 1.48. The molecule has 0 unspecified atom stereocenters. The molecule has 0 saturated carbocycles. The molecule has 0 aliphatic rings. The Morgan fingerprint density at radius 2 is 2.30 bits per heavy atom. The molecule has 3 rings (SSSR count). The van der Waals surface area contributed by atoms with Gasteiger partial charge in [-0.05, 0) is 24.4 Å². The number of hydrogen-bond acceptors (Lipinski definition) is 5. The summed E-state index contributed by atoms with van der Waals surface area (Å²) in [6, 6.07) is 4.80. The molecule has 0 fully saturated rings. The van der Waals surface area contributed by atoms with E-state index in [0.717, 1.165) is 0 Å². The Balaban J connectivity index is 1.79. The molecule has 9 heteroatoms. The fourth-order valence-electron chi connectivity index (χ4n) is 1.99. The Hall–Kier alpha value is -2.81. The Labute approximate surface area is 136 Å². The zero-order chi connectivity index (χ0) is 16.2. The van der Waals surface area contributed by atoms with Gasteiger partial charge in [0.05, 0.1) is 37.6 Å². The molecule has 0 radical (unpaired) electrons. The average Bonchev–Trinajstić information content (AvgIpc) is 3.24. The van der Waals surface area contributed by atoms with Gasteiger partial charge in [-0.25, -0.2) is 14.1 Å². The molecule has 0 aliphatic heterocycles. The number of imidazole rings is 1. The van der Waals surface area contributed by atoms with E-state index < -0.39 is 0 Å². The van der Waals surface area contributed by atoms with Gasteiger partial charge in [0.1, 0.15) is 11.5 Å². The van der Waals surface area contributed by atoms with Gasteiger partial charge in [0.15, 0.2) is 0 Å². The van der Waals surface area contributed by atoms with E-state index in [9.17, 15) is 4.39 Å². The van der Waals surface area contributed by atoms with Crippen molar-refractivity contribution in [2.75, 3.05) is 7.11 Å². The van der Waals surface area contributed by atoms with Crippen molar-refractivity contribution in [1.29, 1.82) is 0 Å². The predicted octanol–water partition coefficient (Wildman–Crippen LogP) is 1.61. The molecule has 0 atom stereocenters. The quantitative estimate of drug-likeness (QED) is 0.732. The van der Waals surface area contributed by atoms with Gasteiger partial charge in [0.25, 0.3) is 5.17 Å². The van der Waals surface area contributed by atoms with Gasteiger partial charge in [-0.1, -0.05) is 5.21 Å². The van der Waals surface area contributed by atoms with Crippen molar-refractivity contribution >= 4 is 17.4 Å². The van der Waals surface area contributed by atoms with Gasteiger partial charge in [-0.15, -0.1) is 5.10 Å². The van der Waals surface area contributed by atoms with E-state index in [4.69, 9.17) is 17.0 Å². The molecular weight excluding hydrogens is 319 g/mol. The summed E-state index contributed by atoms with van der Waals surface area (Å²) in [4.78, 5) is 3.91. The Bertz CT molecular complexity index is 817. The third-order valence-corrected chi connectivity index (χ3v) is 3.43. The fourth-order valence-corrected chi connectivity index (χ4v) is 2.06. The van der Waals surface area contributed by atoms with E-state index in [2.05, 4.69) is 20.6 Å². The van der Waals surface area contributed by atoms with Crippen LogP contribution in [0.4, 0.5) is 4.39 Å². The number of nitrogens with zero attached hydrogens (tertiary/aromatic N) is 5. The zero-order valence-corrected chi connectivity index (χ0v) is 13.0. The van der Waals surface area contributed by atoms with Gasteiger partial charge in [0.2, 0.25) is 0 Å². The Morgan fingerprint density at radius 3 is 3.00 bits per heavy atom. The van der Waals surface area contributed by atoms with Crippen LogP contribution in [0.1, 0.15) is 5.69 Å². The second-order valence-electron chi connectivity index (χ2n) is 4.61. The molecular formula is C14H13FN6OS. The van der Waals surface area contributed by atoms with E-state index >= 15 is 0 Å². The third kappa shape index (κ3) is 3.34. The molecule has 1 aromatic carbocycles. The topological polar surface area (TPSA) is 69.8 Å². The summed E-state index contributed by atoms with van der Waals surface area (Å²) in [6.45, 7) is 0.377. The van der Waals surface area contributed by atoms with Gasteiger partial charge in [0, 0.05) is 18.5 Å². The molecule has 23 heavy (non-hydrogen) atoms. The normalized spacial score (nSPS) is 10.5. The first kappa shape index (κ1) is 15.1. The highest BCUT2D eigenvalue weighted by atomic mass is 32.1. The summed E-state index contributed by atoms with van der Waals surface area (Å²) in [5, 5.41) is 11.1. The van der Waals surface area contributed by atoms with Gasteiger partial charge in [-0.2, -0.15) is 0 Å². The molecule has 2 heterocycles. The highest BCUT2D eigenvalue weighted by molar-refractivity contribution is 7.80. The fraction of sp³-hybridized carbons (Fsp3) is 0.143. The maximum Gasteiger partial charge on any atom is 0.256 e. The van der Waals surface area contributed by atoms with E-state index in [1.165, 1.54) is 24.2 Å². The van der Waals surface area contributed by atoms with Crippen LogP contribution in [0.3, 0.4) is 0 Å². The van der Waals surface area contributed by atoms with E-state index in [-0.39, 0.29) is 11.0 Å². The number of methoxy groups -OCH3 is 1. The highest BCUT2D eigenvalue weighted by Crippen LogP contribution is 2.17. The van der Waals surface area contributed by atoms with E-state index in [1.54, 1.807) is 35.3 Å². The lowest BCUT2D eigenvalue weighted by Gasteiger charge is -2.06. The van der Waals surface area contributed by atoms with Crippen molar-refractivity contribution in [3.05, 3.63) is 54.6 Å². The van der Waals surface area contributed by atoms with E-state index in [1.807, 2.05) is 0 Å². The van der Waals surface area contributed by atoms with Gasteiger partial charge in [-0.3, -0.25) is 0 Å². The molecule has 2 aromatic heterocycles. The van der Waals surface area contributed by atoms with Gasteiger partial charge < -0.3 is 14.6 Å². The highest BCUT2D eigenvalue weighted by Gasteiger charge is 2.09. The maximum atomic E-state index is 14.2. The first-order valence-electron chi connectivity index (χ1n) is 6.68. The number of benzene rings is 1. The van der Waals surface area contributed by atoms with Crippen molar-refractivity contribution in [3.63, 3.8) is 0 Å². The molecule has 0 saturated heterocycles. The number of rotatable bonds is 4. The number of thiocarbonyl (C=S) groups is 1. The van der Waals surface area contributed by atoms with E-state index in [0.29, 0.717) is 23.6 Å².